The molecule has 10 heteroatoms. The Bertz CT molecular complexity index is 1020. The number of nitrogens with zero attached hydrogens (tertiary/aromatic N) is 2. The molecule has 1 aliphatic rings. The minimum Gasteiger partial charge on any atom is -0.459 e. The topological polar surface area (TPSA) is 137 Å². The molecule has 0 radical (unpaired) electrons. The highest BCUT2D eigenvalue weighted by atomic mass is 16.6. The van der Waals surface area contributed by atoms with E-state index < -0.39 is 48.5 Å². The van der Waals surface area contributed by atoms with Gasteiger partial charge in [-0.25, -0.2) is 4.79 Å². The number of rotatable bonds is 7. The van der Waals surface area contributed by atoms with Crippen LogP contribution < -0.4 is 11.0 Å². The van der Waals surface area contributed by atoms with E-state index in [4.69, 9.17) is 9.47 Å². The number of aliphatic hydroxyl groups excluding tert-OH is 1. The van der Waals surface area contributed by atoms with Crippen LogP contribution >= 0.6 is 0 Å². The van der Waals surface area contributed by atoms with Gasteiger partial charge in [-0.15, -0.1) is 0 Å². The molecular formula is C21H23N3O7. The number of benzene rings is 1. The number of anilines is 1. The van der Waals surface area contributed by atoms with Crippen molar-refractivity contribution in [2.75, 3.05) is 11.9 Å². The summed E-state index contributed by atoms with van der Waals surface area (Å²) in [5.41, 5.74) is -0.264. The number of amides is 1. The Morgan fingerprint density at radius 1 is 1.29 bits per heavy atom. The van der Waals surface area contributed by atoms with Crippen LogP contribution in [0.25, 0.3) is 0 Å². The second kappa shape index (κ2) is 9.63. The van der Waals surface area contributed by atoms with Gasteiger partial charge in [0.25, 0.3) is 5.91 Å². The number of esters is 1. The van der Waals surface area contributed by atoms with Gasteiger partial charge >= 0.3 is 11.7 Å². The number of Topliss-reactive ketones (excluding diaryl/α,β-unsaturated/α-hetero) is 1. The minimum atomic E-state index is -0.935. The zero-order valence-electron chi connectivity index (χ0n) is 17.1. The average molecular weight is 429 g/mol. The van der Waals surface area contributed by atoms with Crippen LogP contribution in [0.2, 0.25) is 0 Å². The highest BCUT2D eigenvalue weighted by Crippen LogP contribution is 2.30. The Morgan fingerprint density at radius 3 is 2.61 bits per heavy atom. The summed E-state index contributed by atoms with van der Waals surface area (Å²) in [5, 5.41) is 12.1. The van der Waals surface area contributed by atoms with Crippen molar-refractivity contribution in [3.63, 3.8) is 0 Å². The molecule has 2 aromatic rings. The van der Waals surface area contributed by atoms with Gasteiger partial charge in [0.2, 0.25) is 0 Å². The third-order valence-electron chi connectivity index (χ3n) is 5.01. The van der Waals surface area contributed by atoms with Gasteiger partial charge in [-0.1, -0.05) is 18.2 Å². The molecule has 0 aliphatic carbocycles. The van der Waals surface area contributed by atoms with Crippen molar-refractivity contribution < 1.29 is 29.0 Å². The Morgan fingerprint density at radius 2 is 2.00 bits per heavy atom. The lowest BCUT2D eigenvalue weighted by molar-refractivity contribution is -0.159. The summed E-state index contributed by atoms with van der Waals surface area (Å²) in [5.74, 6) is -2.33. The maximum absolute atomic E-state index is 12.5. The van der Waals surface area contributed by atoms with E-state index >= 15 is 0 Å². The summed E-state index contributed by atoms with van der Waals surface area (Å²) in [6.45, 7) is 2.28. The number of hydrogen-bond acceptors (Lipinski definition) is 8. The molecule has 1 amide bonds. The lowest BCUT2D eigenvalue weighted by Crippen LogP contribution is -2.33. The number of ketones is 1. The highest BCUT2D eigenvalue weighted by Gasteiger charge is 2.40. The number of aliphatic hydroxyl groups is 1. The summed E-state index contributed by atoms with van der Waals surface area (Å²) in [6.07, 6.45) is -1.01. The first-order chi connectivity index (χ1) is 14.8. The Labute approximate surface area is 177 Å². The fraction of sp³-hybridized carbons (Fsp3) is 0.381. The zero-order valence-corrected chi connectivity index (χ0v) is 17.1. The van der Waals surface area contributed by atoms with Crippen LogP contribution in [-0.2, 0) is 19.1 Å². The summed E-state index contributed by atoms with van der Waals surface area (Å²) in [6, 6.07) is 9.92. The van der Waals surface area contributed by atoms with Gasteiger partial charge in [-0.3, -0.25) is 19.0 Å². The molecule has 2 heterocycles. The van der Waals surface area contributed by atoms with E-state index in [2.05, 4.69) is 10.3 Å². The van der Waals surface area contributed by atoms with Crippen LogP contribution in [0.4, 0.5) is 5.82 Å². The van der Waals surface area contributed by atoms with Crippen molar-refractivity contribution >= 4 is 23.5 Å². The van der Waals surface area contributed by atoms with E-state index in [0.29, 0.717) is 5.56 Å². The van der Waals surface area contributed by atoms with Crippen LogP contribution in [0.3, 0.4) is 0 Å². The van der Waals surface area contributed by atoms with Gasteiger partial charge in [0.05, 0.1) is 6.61 Å². The SMILES string of the molecule is CC(=O)C(C)C(=O)O[C@H]1C[C@H](n2ccc(NC(=O)c3ccccc3)nc2=O)O[C@@H]1CO. The van der Waals surface area contributed by atoms with Crippen molar-refractivity contribution in [1.29, 1.82) is 0 Å². The Hall–Kier alpha value is -3.37. The molecule has 1 aromatic carbocycles. The van der Waals surface area contributed by atoms with Crippen molar-refractivity contribution in [3.05, 3.63) is 58.6 Å². The van der Waals surface area contributed by atoms with Crippen LogP contribution in [0.15, 0.2) is 47.4 Å². The second-order valence-electron chi connectivity index (χ2n) is 7.18. The fourth-order valence-corrected chi connectivity index (χ4v) is 3.06. The molecule has 31 heavy (non-hydrogen) atoms. The van der Waals surface area contributed by atoms with Crippen LogP contribution in [-0.4, -0.2) is 51.1 Å². The monoisotopic (exact) mass is 429 g/mol. The number of carbonyl (C=O) groups excluding carboxylic acids is 3. The summed E-state index contributed by atoms with van der Waals surface area (Å²) >= 11 is 0. The smallest absolute Gasteiger partial charge is 0.351 e. The van der Waals surface area contributed by atoms with Gasteiger partial charge in [0.15, 0.2) is 0 Å². The molecule has 1 aliphatic heterocycles. The van der Waals surface area contributed by atoms with E-state index in [1.165, 1.54) is 30.7 Å². The van der Waals surface area contributed by atoms with Gasteiger partial charge < -0.3 is 19.9 Å². The Kier molecular flexibility index (Phi) is 6.93. The van der Waals surface area contributed by atoms with Crippen molar-refractivity contribution in [1.82, 2.24) is 9.55 Å². The molecule has 1 fully saturated rings. The Balaban J connectivity index is 1.70. The molecule has 1 aromatic heterocycles. The van der Waals surface area contributed by atoms with Gasteiger partial charge in [0, 0.05) is 18.2 Å². The van der Waals surface area contributed by atoms with Crippen molar-refractivity contribution in [3.8, 4) is 0 Å². The van der Waals surface area contributed by atoms with E-state index in [1.807, 2.05) is 0 Å². The standard InChI is InChI=1S/C21H23N3O7/c1-12(13(2)26)20(28)31-15-10-18(30-16(15)11-25)24-9-8-17(23-21(24)29)22-19(27)14-6-4-3-5-7-14/h3-9,12,15-16,18,25H,10-11H2,1-2H3,(H,22,23,27,29)/t12?,15-,16+,18+/m0/s1. The molecule has 3 rings (SSSR count). The molecule has 4 atom stereocenters. The number of ether oxygens (including phenoxy) is 2. The third kappa shape index (κ3) is 5.22. The molecule has 0 spiro atoms. The van der Waals surface area contributed by atoms with E-state index in [0.717, 1.165) is 0 Å². The molecule has 10 nitrogen and oxygen atoms in total. The first-order valence-electron chi connectivity index (χ1n) is 9.73. The van der Waals surface area contributed by atoms with Crippen LogP contribution in [0.1, 0.15) is 36.9 Å². The molecule has 164 valence electrons. The average Bonchev–Trinajstić information content (AvgIpc) is 3.16. The lowest BCUT2D eigenvalue weighted by atomic mass is 10.1. The first kappa shape index (κ1) is 22.3. The van der Waals surface area contributed by atoms with Gasteiger partial charge in [0.1, 0.15) is 36.0 Å². The summed E-state index contributed by atoms with van der Waals surface area (Å²) in [7, 11) is 0. The number of hydrogen-bond donors (Lipinski definition) is 2. The quantitative estimate of drug-likeness (QED) is 0.490. The number of nitrogens with one attached hydrogen (secondary N) is 1. The largest absolute Gasteiger partial charge is 0.459 e. The van der Waals surface area contributed by atoms with Gasteiger partial charge in [-0.2, -0.15) is 4.98 Å². The lowest BCUT2D eigenvalue weighted by Gasteiger charge is -2.18. The predicted molar refractivity (Wildman–Crippen MR) is 108 cm³/mol. The van der Waals surface area contributed by atoms with E-state index in [-0.39, 0.29) is 18.0 Å². The maximum atomic E-state index is 12.5. The third-order valence-corrected chi connectivity index (χ3v) is 5.01. The normalized spacial score (nSPS) is 21.3. The van der Waals surface area contributed by atoms with Crippen LogP contribution in [0, 0.1) is 5.92 Å². The van der Waals surface area contributed by atoms with E-state index in [9.17, 15) is 24.3 Å². The molecular weight excluding hydrogens is 406 g/mol. The highest BCUT2D eigenvalue weighted by molar-refractivity contribution is 6.03. The number of aromatic nitrogens is 2. The fourth-order valence-electron chi connectivity index (χ4n) is 3.06. The maximum Gasteiger partial charge on any atom is 0.351 e. The van der Waals surface area contributed by atoms with Gasteiger partial charge in [-0.05, 0) is 32.0 Å². The summed E-state index contributed by atoms with van der Waals surface area (Å²) in [4.78, 5) is 52.0. The minimum absolute atomic E-state index is 0.0741. The predicted octanol–water partition coefficient (Wildman–Crippen LogP) is 0.912. The number of carbonyl (C=O) groups is 3. The zero-order chi connectivity index (χ0) is 22.5. The molecule has 1 unspecified atom stereocenters. The van der Waals surface area contributed by atoms with Crippen LogP contribution in [0.5, 0.6) is 0 Å². The summed E-state index contributed by atoms with van der Waals surface area (Å²) < 4.78 is 12.1. The van der Waals surface area contributed by atoms with Crippen molar-refractivity contribution in [2.45, 2.75) is 38.7 Å². The second-order valence-corrected chi connectivity index (χ2v) is 7.18. The van der Waals surface area contributed by atoms with Crippen molar-refractivity contribution in [2.24, 2.45) is 5.92 Å². The molecule has 2 N–H and O–H groups in total. The molecule has 1 saturated heterocycles. The van der Waals surface area contributed by atoms with E-state index in [1.54, 1.807) is 30.3 Å². The first-order valence-corrected chi connectivity index (χ1v) is 9.73. The molecule has 0 bridgehead atoms. The molecule has 0 saturated carbocycles.